The summed E-state index contributed by atoms with van der Waals surface area (Å²) in [5.74, 6) is -0.0379. The second-order valence-electron chi connectivity index (χ2n) is 5.98. The Hall–Kier alpha value is -1.11. The fraction of sp³-hybridized carbons (Fsp3) is 0.529. The summed E-state index contributed by atoms with van der Waals surface area (Å²) in [4.78, 5) is 26.0. The van der Waals surface area contributed by atoms with Crippen LogP contribution in [0.25, 0.3) is 0 Å². The van der Waals surface area contributed by atoms with Crippen LogP contribution in [0.5, 0.6) is 0 Å². The minimum Gasteiger partial charge on any atom is -0.349 e. The van der Waals surface area contributed by atoms with Gasteiger partial charge in [0.05, 0.1) is 12.5 Å². The Morgan fingerprint density at radius 1 is 1.33 bits per heavy atom. The largest absolute Gasteiger partial charge is 0.349 e. The molecule has 134 valence electrons. The lowest BCUT2D eigenvalue weighted by atomic mass is 10.0. The molecular formula is C17H25BrClN3O2. The molecule has 0 radical (unpaired) electrons. The SMILES string of the molecule is CNC1CCCN(C(=O)CC(NC(C)=O)c2ccc(Br)cc2)C1.Cl. The van der Waals surface area contributed by atoms with Gasteiger partial charge in [0.1, 0.15) is 0 Å². The number of hydrogen-bond donors (Lipinski definition) is 2. The smallest absolute Gasteiger partial charge is 0.225 e. The van der Waals surface area contributed by atoms with Gasteiger partial charge >= 0.3 is 0 Å². The molecule has 0 spiro atoms. The Kier molecular flexibility index (Phi) is 8.73. The molecule has 1 aromatic carbocycles. The minimum absolute atomic E-state index is 0. The number of carbonyl (C=O) groups excluding carboxylic acids is 2. The molecule has 0 aliphatic carbocycles. The van der Waals surface area contributed by atoms with Gasteiger partial charge in [0, 0.05) is 30.5 Å². The number of likely N-dealkylation sites (tertiary alicyclic amines) is 1. The average Bonchev–Trinajstić information content (AvgIpc) is 2.54. The van der Waals surface area contributed by atoms with Crippen molar-refractivity contribution in [1.29, 1.82) is 0 Å². The van der Waals surface area contributed by atoms with Gasteiger partial charge in [-0.05, 0) is 37.6 Å². The van der Waals surface area contributed by atoms with Gasteiger partial charge in [-0.25, -0.2) is 0 Å². The van der Waals surface area contributed by atoms with Crippen LogP contribution in [-0.2, 0) is 9.59 Å². The van der Waals surface area contributed by atoms with Crippen LogP contribution < -0.4 is 10.6 Å². The van der Waals surface area contributed by atoms with Crippen LogP contribution >= 0.6 is 28.3 Å². The monoisotopic (exact) mass is 417 g/mol. The minimum atomic E-state index is -0.289. The second kappa shape index (κ2) is 10.0. The quantitative estimate of drug-likeness (QED) is 0.773. The molecule has 0 aromatic heterocycles. The highest BCUT2D eigenvalue weighted by Crippen LogP contribution is 2.22. The molecule has 5 nitrogen and oxygen atoms in total. The van der Waals surface area contributed by atoms with Gasteiger partial charge < -0.3 is 15.5 Å². The normalized spacial score (nSPS) is 18.5. The second-order valence-corrected chi connectivity index (χ2v) is 6.89. The van der Waals surface area contributed by atoms with Crippen LogP contribution in [0.3, 0.4) is 0 Å². The van der Waals surface area contributed by atoms with E-state index in [0.717, 1.165) is 36.0 Å². The molecule has 1 saturated heterocycles. The van der Waals surface area contributed by atoms with Gasteiger partial charge in [-0.3, -0.25) is 9.59 Å². The number of likely N-dealkylation sites (N-methyl/N-ethyl adjacent to an activating group) is 1. The zero-order valence-corrected chi connectivity index (χ0v) is 16.5. The zero-order chi connectivity index (χ0) is 16.8. The lowest BCUT2D eigenvalue weighted by Gasteiger charge is -2.33. The lowest BCUT2D eigenvalue weighted by Crippen LogP contribution is -2.47. The summed E-state index contributed by atoms with van der Waals surface area (Å²) < 4.78 is 0.974. The number of carbonyl (C=O) groups is 2. The number of amides is 2. The van der Waals surface area contributed by atoms with E-state index in [2.05, 4.69) is 26.6 Å². The van der Waals surface area contributed by atoms with Crippen LogP contribution in [0.2, 0.25) is 0 Å². The van der Waals surface area contributed by atoms with Gasteiger partial charge in [-0.1, -0.05) is 28.1 Å². The van der Waals surface area contributed by atoms with Crippen molar-refractivity contribution in [1.82, 2.24) is 15.5 Å². The summed E-state index contributed by atoms with van der Waals surface area (Å²) in [5, 5.41) is 6.14. The Labute approximate surface area is 158 Å². The van der Waals surface area contributed by atoms with Crippen LogP contribution in [-0.4, -0.2) is 42.9 Å². The van der Waals surface area contributed by atoms with E-state index in [1.165, 1.54) is 6.92 Å². The van der Waals surface area contributed by atoms with Crippen LogP contribution in [0.4, 0.5) is 0 Å². The van der Waals surface area contributed by atoms with Gasteiger partial charge in [-0.15, -0.1) is 12.4 Å². The number of hydrogen-bond acceptors (Lipinski definition) is 3. The molecular weight excluding hydrogens is 394 g/mol. The van der Waals surface area contributed by atoms with Crippen LogP contribution in [0.15, 0.2) is 28.7 Å². The molecule has 1 aromatic rings. The van der Waals surface area contributed by atoms with Crippen molar-refractivity contribution < 1.29 is 9.59 Å². The summed E-state index contributed by atoms with van der Waals surface area (Å²) in [6, 6.07) is 7.79. The maximum absolute atomic E-state index is 12.6. The number of halogens is 2. The number of piperidine rings is 1. The fourth-order valence-electron chi connectivity index (χ4n) is 2.94. The van der Waals surface area contributed by atoms with E-state index in [1.54, 1.807) is 0 Å². The third-order valence-corrected chi connectivity index (χ3v) is 4.74. The number of nitrogens with one attached hydrogen (secondary N) is 2. The van der Waals surface area contributed by atoms with E-state index < -0.39 is 0 Å². The Morgan fingerprint density at radius 3 is 2.58 bits per heavy atom. The van der Waals surface area contributed by atoms with E-state index in [1.807, 2.05) is 36.2 Å². The lowest BCUT2D eigenvalue weighted by molar-refractivity contribution is -0.133. The Bertz CT molecular complexity index is 553. The first-order valence-electron chi connectivity index (χ1n) is 7.97. The van der Waals surface area contributed by atoms with Gasteiger partial charge in [0.15, 0.2) is 0 Å². The van der Waals surface area contributed by atoms with Crippen molar-refractivity contribution in [2.24, 2.45) is 0 Å². The third-order valence-electron chi connectivity index (χ3n) is 4.21. The standard InChI is InChI=1S/C17H24BrN3O2.ClH/c1-12(22)20-16(13-5-7-14(18)8-6-13)10-17(23)21-9-3-4-15(11-21)19-2;/h5-8,15-16,19H,3-4,9-11H2,1-2H3,(H,20,22);1H. The van der Waals surface area contributed by atoms with Crippen molar-refractivity contribution in [3.8, 4) is 0 Å². The summed E-state index contributed by atoms with van der Waals surface area (Å²) in [7, 11) is 1.93. The average molecular weight is 419 g/mol. The predicted molar refractivity (Wildman–Crippen MR) is 101 cm³/mol. The molecule has 1 aliphatic rings. The zero-order valence-electron chi connectivity index (χ0n) is 14.0. The van der Waals surface area contributed by atoms with E-state index >= 15 is 0 Å². The third kappa shape index (κ3) is 6.07. The summed E-state index contributed by atoms with van der Waals surface area (Å²) in [5.41, 5.74) is 0.943. The highest BCUT2D eigenvalue weighted by atomic mass is 79.9. The molecule has 2 unspecified atom stereocenters. The number of nitrogens with zero attached hydrogens (tertiary/aromatic N) is 1. The molecule has 2 atom stereocenters. The van der Waals surface area contributed by atoms with Gasteiger partial charge in [-0.2, -0.15) is 0 Å². The first-order chi connectivity index (χ1) is 11.0. The van der Waals surface area contributed by atoms with Crippen molar-refractivity contribution in [3.63, 3.8) is 0 Å². The molecule has 0 bridgehead atoms. The van der Waals surface area contributed by atoms with E-state index in [0.29, 0.717) is 6.04 Å². The fourth-order valence-corrected chi connectivity index (χ4v) is 3.20. The molecule has 1 aliphatic heterocycles. The van der Waals surface area contributed by atoms with Crippen molar-refractivity contribution in [2.75, 3.05) is 20.1 Å². The van der Waals surface area contributed by atoms with Crippen molar-refractivity contribution >= 4 is 40.2 Å². The van der Waals surface area contributed by atoms with E-state index in [4.69, 9.17) is 0 Å². The molecule has 24 heavy (non-hydrogen) atoms. The molecule has 2 rings (SSSR count). The summed E-state index contributed by atoms with van der Waals surface area (Å²) in [6.45, 7) is 3.01. The number of rotatable bonds is 5. The van der Waals surface area contributed by atoms with Crippen molar-refractivity contribution in [3.05, 3.63) is 34.3 Å². The first kappa shape index (κ1) is 20.9. The first-order valence-corrected chi connectivity index (χ1v) is 8.76. The van der Waals surface area contributed by atoms with Gasteiger partial charge in [0.25, 0.3) is 0 Å². The van der Waals surface area contributed by atoms with Gasteiger partial charge in [0.2, 0.25) is 11.8 Å². The molecule has 2 amide bonds. The van der Waals surface area contributed by atoms with Crippen LogP contribution in [0.1, 0.15) is 37.8 Å². The molecule has 1 heterocycles. The van der Waals surface area contributed by atoms with E-state index in [-0.39, 0.29) is 36.7 Å². The maximum atomic E-state index is 12.6. The highest BCUT2D eigenvalue weighted by Gasteiger charge is 2.25. The Morgan fingerprint density at radius 2 is 2.00 bits per heavy atom. The maximum Gasteiger partial charge on any atom is 0.225 e. The molecule has 7 heteroatoms. The highest BCUT2D eigenvalue weighted by molar-refractivity contribution is 9.10. The Balaban J connectivity index is 0.00000288. The van der Waals surface area contributed by atoms with Crippen molar-refractivity contribution in [2.45, 2.75) is 38.3 Å². The predicted octanol–water partition coefficient (Wildman–Crippen LogP) is 2.65. The molecule has 1 fully saturated rings. The van der Waals surface area contributed by atoms with Crippen LogP contribution in [0, 0.1) is 0 Å². The number of benzene rings is 1. The van der Waals surface area contributed by atoms with E-state index in [9.17, 15) is 9.59 Å². The molecule has 2 N–H and O–H groups in total. The summed E-state index contributed by atoms with van der Waals surface area (Å²) >= 11 is 3.40. The topological polar surface area (TPSA) is 61.4 Å². The summed E-state index contributed by atoms with van der Waals surface area (Å²) in [6.07, 6.45) is 2.40. The molecule has 0 saturated carbocycles.